The third-order valence-electron chi connectivity index (χ3n) is 3.42. The van der Waals surface area contributed by atoms with Crippen molar-refractivity contribution < 1.29 is 24.2 Å². The van der Waals surface area contributed by atoms with Crippen LogP contribution in [0.4, 0.5) is 0 Å². The van der Waals surface area contributed by atoms with Crippen LogP contribution >= 0.6 is 0 Å². The van der Waals surface area contributed by atoms with Gasteiger partial charge < -0.3 is 19.5 Å². The van der Waals surface area contributed by atoms with Gasteiger partial charge in [0.15, 0.2) is 18.1 Å². The van der Waals surface area contributed by atoms with Crippen LogP contribution in [-0.2, 0) is 4.79 Å². The molecule has 120 valence electrons. The van der Waals surface area contributed by atoms with Crippen LogP contribution < -0.4 is 9.47 Å². The van der Waals surface area contributed by atoms with E-state index in [4.69, 9.17) is 14.6 Å². The molecule has 6 heteroatoms. The van der Waals surface area contributed by atoms with Gasteiger partial charge in [0.25, 0.3) is 5.91 Å². The lowest BCUT2D eigenvalue weighted by atomic mass is 10.1. The lowest BCUT2D eigenvalue weighted by Gasteiger charge is -2.18. The molecule has 1 saturated carbocycles. The molecular formula is C16H21NO5. The molecule has 1 fully saturated rings. The van der Waals surface area contributed by atoms with Crippen molar-refractivity contribution in [3.8, 4) is 11.5 Å². The molecule has 0 unspecified atom stereocenters. The second-order valence-corrected chi connectivity index (χ2v) is 5.41. The van der Waals surface area contributed by atoms with Gasteiger partial charge in [0.2, 0.25) is 0 Å². The number of carboxylic acid groups (broad SMARTS) is 1. The summed E-state index contributed by atoms with van der Waals surface area (Å²) < 4.78 is 10.6. The molecule has 0 spiro atoms. The second-order valence-electron chi connectivity index (χ2n) is 5.41. The third kappa shape index (κ3) is 4.38. The fourth-order valence-corrected chi connectivity index (χ4v) is 2.16. The molecule has 0 heterocycles. The first-order valence-electron chi connectivity index (χ1n) is 7.38. The molecule has 0 aliphatic heterocycles. The highest BCUT2D eigenvalue weighted by Gasteiger charge is 2.25. The summed E-state index contributed by atoms with van der Waals surface area (Å²) in [5.41, 5.74) is 0.509. The van der Waals surface area contributed by atoms with Gasteiger partial charge in [-0.1, -0.05) is 0 Å². The number of ether oxygens (including phenoxy) is 2. The van der Waals surface area contributed by atoms with E-state index < -0.39 is 12.6 Å². The van der Waals surface area contributed by atoms with E-state index in [0.29, 0.717) is 29.6 Å². The molecule has 0 saturated heterocycles. The third-order valence-corrected chi connectivity index (χ3v) is 3.42. The van der Waals surface area contributed by atoms with E-state index >= 15 is 0 Å². The highest BCUT2D eigenvalue weighted by Crippen LogP contribution is 2.31. The molecule has 0 atom stereocenters. The van der Waals surface area contributed by atoms with Gasteiger partial charge in [0.1, 0.15) is 0 Å². The van der Waals surface area contributed by atoms with E-state index in [-0.39, 0.29) is 5.91 Å². The van der Waals surface area contributed by atoms with Crippen molar-refractivity contribution in [3.05, 3.63) is 23.8 Å². The normalized spacial score (nSPS) is 13.5. The number of rotatable bonds is 8. The van der Waals surface area contributed by atoms with E-state index in [1.54, 1.807) is 30.1 Å². The summed E-state index contributed by atoms with van der Waals surface area (Å²) in [4.78, 5) is 24.7. The van der Waals surface area contributed by atoms with Crippen LogP contribution in [0.15, 0.2) is 18.2 Å². The SMILES string of the molecule is CCOc1cc(C(=O)N(C)CC2CC2)ccc1OCC(=O)O. The zero-order valence-corrected chi connectivity index (χ0v) is 12.9. The molecule has 0 aromatic heterocycles. The predicted octanol–water partition coefficient (Wildman–Crippen LogP) is 2.03. The van der Waals surface area contributed by atoms with Gasteiger partial charge in [-0.05, 0) is 43.9 Å². The Morgan fingerprint density at radius 2 is 2.00 bits per heavy atom. The maximum Gasteiger partial charge on any atom is 0.341 e. The summed E-state index contributed by atoms with van der Waals surface area (Å²) in [6, 6.07) is 4.81. The smallest absolute Gasteiger partial charge is 0.341 e. The van der Waals surface area contributed by atoms with E-state index in [1.807, 2.05) is 6.92 Å². The highest BCUT2D eigenvalue weighted by atomic mass is 16.5. The number of benzene rings is 1. The monoisotopic (exact) mass is 307 g/mol. The topological polar surface area (TPSA) is 76.1 Å². The predicted molar refractivity (Wildman–Crippen MR) is 80.4 cm³/mol. The Balaban J connectivity index is 2.12. The van der Waals surface area contributed by atoms with Crippen molar-refractivity contribution >= 4 is 11.9 Å². The lowest BCUT2D eigenvalue weighted by molar-refractivity contribution is -0.139. The standard InChI is InChI=1S/C16H21NO5/c1-3-21-14-8-12(6-7-13(14)22-10-15(18)19)16(20)17(2)9-11-4-5-11/h6-8,11H,3-5,9-10H2,1-2H3,(H,18,19). The Labute approximate surface area is 129 Å². The van der Waals surface area contributed by atoms with Crippen LogP contribution in [0.5, 0.6) is 11.5 Å². The molecule has 22 heavy (non-hydrogen) atoms. The molecule has 2 rings (SSSR count). The summed E-state index contributed by atoms with van der Waals surface area (Å²) in [5.74, 6) is 0.197. The molecule has 0 radical (unpaired) electrons. The number of hydrogen-bond acceptors (Lipinski definition) is 4. The molecule has 1 aliphatic carbocycles. The van der Waals surface area contributed by atoms with Gasteiger partial charge >= 0.3 is 5.97 Å². The van der Waals surface area contributed by atoms with Crippen molar-refractivity contribution in [3.63, 3.8) is 0 Å². The summed E-state index contributed by atoms with van der Waals surface area (Å²) in [7, 11) is 1.79. The van der Waals surface area contributed by atoms with Crippen molar-refractivity contribution in [2.24, 2.45) is 5.92 Å². The number of aliphatic carboxylic acids is 1. The van der Waals surface area contributed by atoms with Crippen molar-refractivity contribution in [1.29, 1.82) is 0 Å². The van der Waals surface area contributed by atoms with Gasteiger partial charge in [-0.25, -0.2) is 4.79 Å². The first-order valence-corrected chi connectivity index (χ1v) is 7.38. The Morgan fingerprint density at radius 1 is 1.27 bits per heavy atom. The number of carbonyl (C=O) groups excluding carboxylic acids is 1. The van der Waals surface area contributed by atoms with Gasteiger partial charge in [-0.2, -0.15) is 0 Å². The largest absolute Gasteiger partial charge is 0.490 e. The average Bonchev–Trinajstić information content (AvgIpc) is 3.29. The summed E-state index contributed by atoms with van der Waals surface area (Å²) >= 11 is 0. The van der Waals surface area contributed by atoms with Crippen molar-refractivity contribution in [1.82, 2.24) is 4.90 Å². The number of carboxylic acids is 1. The van der Waals surface area contributed by atoms with E-state index in [2.05, 4.69) is 0 Å². The van der Waals surface area contributed by atoms with E-state index in [1.165, 1.54) is 12.8 Å². The fraction of sp³-hybridized carbons (Fsp3) is 0.500. The van der Waals surface area contributed by atoms with Gasteiger partial charge in [0.05, 0.1) is 6.61 Å². The quantitative estimate of drug-likeness (QED) is 0.795. The molecule has 1 amide bonds. The Kier molecular flexibility index (Phi) is 5.25. The van der Waals surface area contributed by atoms with Gasteiger partial charge in [0, 0.05) is 19.2 Å². The molecule has 1 aromatic carbocycles. The first kappa shape index (κ1) is 16.1. The lowest BCUT2D eigenvalue weighted by Crippen LogP contribution is -2.28. The fourth-order valence-electron chi connectivity index (χ4n) is 2.16. The summed E-state index contributed by atoms with van der Waals surface area (Å²) in [6.07, 6.45) is 2.37. The molecule has 1 aliphatic rings. The van der Waals surface area contributed by atoms with Crippen molar-refractivity contribution in [2.75, 3.05) is 26.8 Å². The van der Waals surface area contributed by atoms with Crippen LogP contribution in [0.1, 0.15) is 30.1 Å². The molecule has 1 N–H and O–H groups in total. The van der Waals surface area contributed by atoms with Crippen LogP contribution in [0.2, 0.25) is 0 Å². The second kappa shape index (κ2) is 7.15. The highest BCUT2D eigenvalue weighted by molar-refractivity contribution is 5.94. The summed E-state index contributed by atoms with van der Waals surface area (Å²) in [6.45, 7) is 2.53. The minimum absolute atomic E-state index is 0.0716. The van der Waals surface area contributed by atoms with Crippen molar-refractivity contribution in [2.45, 2.75) is 19.8 Å². The van der Waals surface area contributed by atoms with Gasteiger partial charge in [-0.3, -0.25) is 4.79 Å². The zero-order valence-electron chi connectivity index (χ0n) is 12.9. The number of amides is 1. The Hall–Kier alpha value is -2.24. The molecule has 0 bridgehead atoms. The number of hydrogen-bond donors (Lipinski definition) is 1. The van der Waals surface area contributed by atoms with Crippen LogP contribution in [0.3, 0.4) is 0 Å². The first-order chi connectivity index (χ1) is 10.5. The zero-order chi connectivity index (χ0) is 16.1. The minimum atomic E-state index is -1.06. The van der Waals surface area contributed by atoms with Crippen LogP contribution in [0, 0.1) is 5.92 Å². The summed E-state index contributed by atoms with van der Waals surface area (Å²) in [5, 5.41) is 8.67. The number of carbonyl (C=O) groups is 2. The van der Waals surface area contributed by atoms with Crippen LogP contribution in [0.25, 0.3) is 0 Å². The maximum atomic E-state index is 12.4. The average molecular weight is 307 g/mol. The van der Waals surface area contributed by atoms with E-state index in [0.717, 1.165) is 6.54 Å². The maximum absolute atomic E-state index is 12.4. The molecule has 1 aromatic rings. The Bertz CT molecular complexity index is 553. The molecule has 6 nitrogen and oxygen atoms in total. The van der Waals surface area contributed by atoms with E-state index in [9.17, 15) is 9.59 Å². The Morgan fingerprint density at radius 3 is 2.59 bits per heavy atom. The minimum Gasteiger partial charge on any atom is -0.490 e. The molecular weight excluding hydrogens is 286 g/mol. The van der Waals surface area contributed by atoms with Crippen LogP contribution in [-0.4, -0.2) is 48.7 Å². The number of nitrogens with zero attached hydrogens (tertiary/aromatic N) is 1. The van der Waals surface area contributed by atoms with Gasteiger partial charge in [-0.15, -0.1) is 0 Å².